The molecule has 1 aromatic carbocycles. The second-order valence-corrected chi connectivity index (χ2v) is 6.02. The first-order valence-electron chi connectivity index (χ1n) is 8.52. The maximum atomic E-state index is 6.39. The molecule has 0 fully saturated rings. The summed E-state index contributed by atoms with van der Waals surface area (Å²) in [5, 5.41) is 3.99. The monoisotopic (exact) mass is 369 g/mol. The van der Waals surface area contributed by atoms with E-state index in [2.05, 4.69) is 32.2 Å². The number of anilines is 1. The number of nitrogens with one attached hydrogen (secondary N) is 1. The maximum absolute atomic E-state index is 6.39. The lowest BCUT2D eigenvalue weighted by molar-refractivity contribution is 0.441. The Kier molecular flexibility index (Phi) is 5.96. The van der Waals surface area contributed by atoms with Crippen LogP contribution in [0.15, 0.2) is 49.1 Å². The van der Waals surface area contributed by atoms with E-state index in [0.717, 1.165) is 24.1 Å². The number of ether oxygens (including phenoxy) is 1. The normalized spacial score (nSPS) is 11.8. The Morgan fingerprint density at radius 1 is 1.04 bits per heavy atom. The van der Waals surface area contributed by atoms with Gasteiger partial charge in [-0.1, -0.05) is 37.6 Å². The summed E-state index contributed by atoms with van der Waals surface area (Å²) in [6.45, 7) is 4.13. The predicted octanol–water partition coefficient (Wildman–Crippen LogP) is 4.84. The van der Waals surface area contributed by atoms with Crippen LogP contribution < -0.4 is 10.1 Å². The second-order valence-electron chi connectivity index (χ2n) is 5.64. The molecule has 134 valence electrons. The summed E-state index contributed by atoms with van der Waals surface area (Å²) in [5.41, 5.74) is 1.95. The largest absolute Gasteiger partial charge is 0.424 e. The van der Waals surface area contributed by atoms with Gasteiger partial charge in [0.05, 0.1) is 11.7 Å². The quantitative estimate of drug-likeness (QED) is 0.642. The fourth-order valence-electron chi connectivity index (χ4n) is 2.55. The van der Waals surface area contributed by atoms with E-state index >= 15 is 0 Å². The van der Waals surface area contributed by atoms with Gasteiger partial charge in [0.25, 0.3) is 0 Å². The van der Waals surface area contributed by atoms with E-state index in [1.54, 1.807) is 18.5 Å². The number of benzene rings is 1. The highest BCUT2D eigenvalue weighted by Gasteiger charge is 2.14. The Morgan fingerprint density at radius 2 is 1.77 bits per heavy atom. The molecule has 0 saturated heterocycles. The van der Waals surface area contributed by atoms with Gasteiger partial charge < -0.3 is 10.1 Å². The van der Waals surface area contributed by atoms with Gasteiger partial charge in [0, 0.05) is 12.4 Å². The molecule has 1 atom stereocenters. The highest BCUT2D eigenvalue weighted by atomic mass is 35.5. The lowest BCUT2D eigenvalue weighted by atomic mass is 10.0. The Balaban J connectivity index is 1.74. The number of rotatable bonds is 7. The Labute approximate surface area is 157 Å². The van der Waals surface area contributed by atoms with Crippen molar-refractivity contribution in [2.45, 2.75) is 32.7 Å². The molecule has 3 rings (SSSR count). The molecule has 0 saturated carbocycles. The van der Waals surface area contributed by atoms with E-state index in [1.165, 1.54) is 6.33 Å². The number of aryl methyl sites for hydroxylation is 1. The van der Waals surface area contributed by atoms with E-state index in [1.807, 2.05) is 31.2 Å². The van der Waals surface area contributed by atoms with Crippen LogP contribution in [-0.2, 0) is 6.42 Å². The zero-order valence-electron chi connectivity index (χ0n) is 14.7. The second kappa shape index (κ2) is 8.58. The summed E-state index contributed by atoms with van der Waals surface area (Å²) >= 11 is 6.39. The summed E-state index contributed by atoms with van der Waals surface area (Å²) in [6, 6.07) is 9.96. The van der Waals surface area contributed by atoms with Crippen LogP contribution in [0.3, 0.4) is 0 Å². The van der Waals surface area contributed by atoms with Crippen molar-refractivity contribution in [2.24, 2.45) is 0 Å². The molecule has 26 heavy (non-hydrogen) atoms. The van der Waals surface area contributed by atoms with Gasteiger partial charge in [-0.15, -0.1) is 0 Å². The van der Waals surface area contributed by atoms with Crippen molar-refractivity contribution in [2.75, 3.05) is 5.32 Å². The van der Waals surface area contributed by atoms with Crippen LogP contribution in [0.2, 0.25) is 5.02 Å². The molecule has 0 spiro atoms. The van der Waals surface area contributed by atoms with Crippen LogP contribution in [0.4, 0.5) is 5.82 Å². The van der Waals surface area contributed by atoms with E-state index in [9.17, 15) is 0 Å². The number of hydrogen-bond acceptors (Lipinski definition) is 6. The molecular weight excluding hydrogens is 350 g/mol. The fourth-order valence-corrected chi connectivity index (χ4v) is 2.84. The third kappa shape index (κ3) is 4.26. The third-order valence-corrected chi connectivity index (χ3v) is 4.35. The van der Waals surface area contributed by atoms with Crippen LogP contribution in [0.1, 0.15) is 37.6 Å². The number of nitrogens with zero attached hydrogens (tertiary/aromatic N) is 4. The minimum atomic E-state index is 0.0779. The van der Waals surface area contributed by atoms with Crippen LogP contribution in [0.25, 0.3) is 0 Å². The van der Waals surface area contributed by atoms with Crippen LogP contribution in [0.5, 0.6) is 11.8 Å². The van der Waals surface area contributed by atoms with Gasteiger partial charge in [-0.05, 0) is 36.6 Å². The molecule has 7 heteroatoms. The summed E-state index contributed by atoms with van der Waals surface area (Å²) in [4.78, 5) is 16.6. The van der Waals surface area contributed by atoms with E-state index in [4.69, 9.17) is 16.3 Å². The summed E-state index contributed by atoms with van der Waals surface area (Å²) in [7, 11) is 0. The van der Waals surface area contributed by atoms with Crippen molar-refractivity contribution < 1.29 is 4.74 Å². The molecule has 2 aromatic heterocycles. The van der Waals surface area contributed by atoms with Gasteiger partial charge in [-0.2, -0.15) is 0 Å². The Morgan fingerprint density at radius 3 is 2.42 bits per heavy atom. The molecule has 0 amide bonds. The van der Waals surface area contributed by atoms with E-state index < -0.39 is 0 Å². The van der Waals surface area contributed by atoms with E-state index in [0.29, 0.717) is 22.6 Å². The summed E-state index contributed by atoms with van der Waals surface area (Å²) in [6.07, 6.45) is 6.47. The highest BCUT2D eigenvalue weighted by Crippen LogP contribution is 2.29. The highest BCUT2D eigenvalue weighted by molar-refractivity contribution is 6.33. The topological polar surface area (TPSA) is 72.8 Å². The van der Waals surface area contributed by atoms with Crippen molar-refractivity contribution >= 4 is 17.4 Å². The summed E-state index contributed by atoms with van der Waals surface area (Å²) < 4.78 is 5.63. The van der Waals surface area contributed by atoms with Gasteiger partial charge >= 0.3 is 6.01 Å². The van der Waals surface area contributed by atoms with Crippen LogP contribution in [-0.4, -0.2) is 19.9 Å². The first-order valence-corrected chi connectivity index (χ1v) is 8.89. The molecule has 0 aliphatic heterocycles. The van der Waals surface area contributed by atoms with Gasteiger partial charge in [0.1, 0.15) is 22.9 Å². The van der Waals surface area contributed by atoms with E-state index in [-0.39, 0.29) is 6.04 Å². The van der Waals surface area contributed by atoms with Crippen molar-refractivity contribution in [1.29, 1.82) is 0 Å². The summed E-state index contributed by atoms with van der Waals surface area (Å²) in [5.74, 6) is 1.34. The third-order valence-electron chi connectivity index (χ3n) is 3.95. The van der Waals surface area contributed by atoms with Gasteiger partial charge in [-0.25, -0.2) is 19.9 Å². The first-order chi connectivity index (χ1) is 12.7. The SMILES string of the molecule is CCc1ncnc(NC(CC)c2ccc(Oc3ncccn3)cc2)c1Cl. The molecule has 0 aliphatic carbocycles. The lowest BCUT2D eigenvalue weighted by Gasteiger charge is -2.19. The average molecular weight is 370 g/mol. The molecule has 0 bridgehead atoms. The molecule has 3 aromatic rings. The predicted molar refractivity (Wildman–Crippen MR) is 102 cm³/mol. The zero-order valence-corrected chi connectivity index (χ0v) is 15.4. The molecule has 1 unspecified atom stereocenters. The molecule has 6 nitrogen and oxygen atoms in total. The van der Waals surface area contributed by atoms with Gasteiger partial charge in [-0.3, -0.25) is 0 Å². The molecule has 1 N–H and O–H groups in total. The van der Waals surface area contributed by atoms with Gasteiger partial charge in [0.15, 0.2) is 0 Å². The number of halogens is 1. The first kappa shape index (κ1) is 18.1. The van der Waals surface area contributed by atoms with Crippen LogP contribution in [0, 0.1) is 0 Å². The minimum absolute atomic E-state index is 0.0779. The lowest BCUT2D eigenvalue weighted by Crippen LogP contribution is -2.12. The minimum Gasteiger partial charge on any atom is -0.424 e. The maximum Gasteiger partial charge on any atom is 0.321 e. The number of aromatic nitrogens is 4. The van der Waals surface area contributed by atoms with Crippen molar-refractivity contribution in [1.82, 2.24) is 19.9 Å². The average Bonchev–Trinajstić information content (AvgIpc) is 2.69. The van der Waals surface area contributed by atoms with Gasteiger partial charge in [0.2, 0.25) is 0 Å². The standard InChI is InChI=1S/C19H20ClN5O/c1-3-15(25-18-17(20)16(4-2)23-12-24-18)13-6-8-14(9-7-13)26-19-21-10-5-11-22-19/h5-12,15H,3-4H2,1-2H3,(H,23,24,25). The van der Waals surface area contributed by atoms with Crippen molar-refractivity contribution in [3.63, 3.8) is 0 Å². The number of hydrogen-bond donors (Lipinski definition) is 1. The molecular formula is C19H20ClN5O. The molecule has 0 radical (unpaired) electrons. The Bertz CT molecular complexity index is 842. The molecule has 0 aliphatic rings. The zero-order chi connectivity index (χ0) is 18.4. The fraction of sp³-hybridized carbons (Fsp3) is 0.263. The Hall–Kier alpha value is -2.73. The van der Waals surface area contributed by atoms with Crippen molar-refractivity contribution in [3.05, 3.63) is 65.3 Å². The smallest absolute Gasteiger partial charge is 0.321 e. The van der Waals surface area contributed by atoms with Crippen molar-refractivity contribution in [3.8, 4) is 11.8 Å². The molecule has 2 heterocycles. The van der Waals surface area contributed by atoms with Crippen LogP contribution >= 0.6 is 11.6 Å².